The minimum Gasteiger partial charge on any atom is -0.476 e. The average Bonchev–Trinajstić information content (AvgIpc) is 3.47. The van der Waals surface area contributed by atoms with E-state index >= 15 is 0 Å². The van der Waals surface area contributed by atoms with Gasteiger partial charge in [-0.3, -0.25) is 99.0 Å². The highest BCUT2D eigenvalue weighted by Crippen LogP contribution is 2.27. The smallest absolute Gasteiger partial charge is 0.366 e. The summed E-state index contributed by atoms with van der Waals surface area (Å²) in [5, 5.41) is 76.8. The number of aromatic carboxylic acids is 1. The zero-order valence-corrected chi connectivity index (χ0v) is 33.7. The summed E-state index contributed by atoms with van der Waals surface area (Å²) in [6, 6.07) is -4.58. The van der Waals surface area contributed by atoms with Gasteiger partial charge in [-0.1, -0.05) is 0 Å². The van der Waals surface area contributed by atoms with Gasteiger partial charge in [0.25, 0.3) is 17.4 Å². The fraction of sp³-hybridized carbons (Fsp3) is 0.321. The predicted molar refractivity (Wildman–Crippen MR) is 210 cm³/mol. The largest absolute Gasteiger partial charge is 0.476 e. The topological polar surface area (TPSA) is 586 Å². The molecule has 39 heteroatoms. The number of nitrogens with one attached hydrogen (secondary N) is 9. The third-order valence-electron chi connectivity index (χ3n) is 7.79. The Morgan fingerprint density at radius 3 is 1.66 bits per heavy atom. The number of aromatic amines is 5. The Kier molecular flexibility index (Phi) is 18.5. The van der Waals surface area contributed by atoms with E-state index in [1.165, 1.54) is 20.0 Å². The van der Waals surface area contributed by atoms with Crippen LogP contribution in [0.25, 0.3) is 0 Å². The van der Waals surface area contributed by atoms with Crippen LogP contribution in [0.3, 0.4) is 0 Å². The molecule has 3 aromatic heterocycles. The zero-order chi connectivity index (χ0) is 51.4. The van der Waals surface area contributed by atoms with Crippen molar-refractivity contribution >= 4 is 64.3 Å². The Labute approximate surface area is 366 Å². The average molecular weight is 977 g/mol. The van der Waals surface area contributed by atoms with Crippen LogP contribution < -0.4 is 55.0 Å². The van der Waals surface area contributed by atoms with E-state index < -0.39 is 144 Å². The molecular weight excluding hydrogens is 948 g/mol. The monoisotopic (exact) mass is 976 g/mol. The lowest BCUT2D eigenvalue weighted by Gasteiger charge is -2.17. The van der Waals surface area contributed by atoms with Crippen LogP contribution in [0.4, 0.5) is 16.2 Å². The molecule has 4 atom stereocenters. The minimum absolute atomic E-state index is 0.0475. The van der Waals surface area contributed by atoms with E-state index in [0.717, 1.165) is 4.57 Å². The second-order valence-electron chi connectivity index (χ2n) is 12.4. The Balaban J connectivity index is 0.000000291. The van der Waals surface area contributed by atoms with Crippen molar-refractivity contribution in [1.82, 2.24) is 50.8 Å². The van der Waals surface area contributed by atoms with Crippen LogP contribution in [0, 0.1) is 49.1 Å². The molecule has 0 bridgehead atoms. The highest BCUT2D eigenvalue weighted by Gasteiger charge is 2.45. The number of thiocarbonyl (C=S) groups is 1. The first-order valence-electron chi connectivity index (χ1n) is 17.0. The van der Waals surface area contributed by atoms with Gasteiger partial charge in [0.1, 0.15) is 24.0 Å². The van der Waals surface area contributed by atoms with Gasteiger partial charge in [-0.2, -0.15) is 0 Å². The molecule has 360 valence electrons. The van der Waals surface area contributed by atoms with Crippen molar-refractivity contribution in [2.45, 2.75) is 50.5 Å². The highest BCUT2D eigenvalue weighted by molar-refractivity contribution is 7.80. The van der Waals surface area contributed by atoms with Crippen molar-refractivity contribution in [1.29, 1.82) is 0 Å². The molecule has 13 N–H and O–H groups in total. The number of rotatable bonds is 7. The molecule has 3 aliphatic heterocycles. The van der Waals surface area contributed by atoms with E-state index in [1.54, 1.807) is 25.6 Å². The van der Waals surface area contributed by atoms with Gasteiger partial charge in [0.15, 0.2) is 11.3 Å². The Morgan fingerprint density at radius 1 is 0.746 bits per heavy atom. The molecule has 6 amide bonds. The third kappa shape index (κ3) is 13.9. The number of nitrogens with zero attached hydrogens (tertiary/aromatic N) is 5. The summed E-state index contributed by atoms with van der Waals surface area (Å²) in [6.07, 6.45) is -3.52. The molecule has 3 aromatic rings. The molecule has 0 aliphatic carbocycles. The first-order chi connectivity index (χ1) is 31.1. The molecule has 3 fully saturated rings. The van der Waals surface area contributed by atoms with Crippen molar-refractivity contribution in [3.63, 3.8) is 0 Å². The van der Waals surface area contributed by atoms with Gasteiger partial charge in [-0.05, 0) is 31.2 Å². The Bertz CT molecular complexity index is 2870. The van der Waals surface area contributed by atoms with Crippen molar-refractivity contribution in [2.24, 2.45) is 5.18 Å². The molecule has 38 nitrogen and oxygen atoms in total. The van der Waals surface area contributed by atoms with E-state index in [-0.39, 0.29) is 16.4 Å². The number of aromatic nitrogens is 6. The fourth-order valence-corrected chi connectivity index (χ4v) is 5.02. The highest BCUT2D eigenvalue weighted by atomic mass is 32.1. The number of carbonyl (C=O) groups excluding carboxylic acids is 5. The number of aliphatic hydroxyl groups is 3. The van der Waals surface area contributed by atoms with Crippen LogP contribution in [0.5, 0.6) is 0 Å². The molecule has 0 unspecified atom stereocenters. The van der Waals surface area contributed by atoms with Crippen LogP contribution >= 0.6 is 12.2 Å². The standard InChI is InChI=1S/C10H14N2O6.C5H3N3O6.C5H5N3O4.C4H3N3O5.C4H3N3O3S/c1-4-2-12(10(17)11-8(4)16)9-7(15)6(14)5(3-13)18-9;9-3-2(8(13)14)1(4(10)11)6-5(12)7-3;1-2-3(8(11)12)4(9)7-5(10)6-2;8-2-1(7(11)12)3(9)6-4(10)5-2;8-2-1(7-10)3(9)6-4(11)5-2/h2,5-7,9,13-15H,3H2,1H3,(H,11,16,17);(H,10,11)(H2,6,7,9,12);1H3,(H2,6,7,9,10);1H,(H2,5,6,8,9,10);1H,(H2,5,6,8,9,11)/t5-,6-,7-,9-;;;;/m1..../s1. The van der Waals surface area contributed by atoms with Gasteiger partial charge in [-0.15, -0.1) is 4.91 Å². The number of aliphatic hydroxyl groups excluding tert-OH is 3. The van der Waals surface area contributed by atoms with Gasteiger partial charge in [0.05, 0.1) is 16.5 Å². The number of carbonyl (C=O) groups is 6. The summed E-state index contributed by atoms with van der Waals surface area (Å²) < 4.78 is 6.17. The maximum atomic E-state index is 11.6. The maximum Gasteiger partial charge on any atom is 0.366 e. The SMILES string of the molecule is Cc1[nH]c(=O)[nH]c(=O)c1[N+](=O)[O-].Cc1cn([C@@H]2O[C@H](CO)[C@@H](O)[C@H]2O)c(=O)[nH]c1=O.O=C(O)c1[nH]c(=O)[nH]c(=O)c1[N+](=O)[O-].O=C1NC(=O)C([N+](=O)[O-])C(=O)N1.O=NC1C(=O)NC(=S)NC1=O. The summed E-state index contributed by atoms with van der Waals surface area (Å²) in [5.74, 6) is -5.75. The number of imide groups is 2. The number of nitro groups is 3. The van der Waals surface area contributed by atoms with Crippen LogP contribution in [-0.2, 0) is 23.9 Å². The molecule has 6 rings (SSSR count). The number of ether oxygens (including phenoxy) is 1. The summed E-state index contributed by atoms with van der Waals surface area (Å²) >= 11 is 4.45. The normalized spacial score (nSPS) is 18.8. The molecule has 0 radical (unpaired) electrons. The van der Waals surface area contributed by atoms with Crippen molar-refractivity contribution in [2.75, 3.05) is 6.61 Å². The van der Waals surface area contributed by atoms with Crippen LogP contribution in [0.15, 0.2) is 40.1 Å². The van der Waals surface area contributed by atoms with Gasteiger partial charge in [-0.25, -0.2) is 24.0 Å². The molecule has 0 aromatic carbocycles. The second kappa shape index (κ2) is 22.9. The number of urea groups is 1. The number of nitroso groups, excluding NO2 is 1. The number of hydrogen-bond donors (Lipinski definition) is 13. The molecule has 3 saturated heterocycles. The van der Waals surface area contributed by atoms with Crippen LogP contribution in [0.1, 0.15) is 28.0 Å². The van der Waals surface area contributed by atoms with E-state index in [4.69, 9.17) is 14.9 Å². The Hall–Kier alpha value is -9.21. The van der Waals surface area contributed by atoms with Crippen molar-refractivity contribution < 1.29 is 68.7 Å². The third-order valence-corrected chi connectivity index (χ3v) is 7.99. The lowest BCUT2D eigenvalue weighted by Crippen LogP contribution is -2.61. The van der Waals surface area contributed by atoms with E-state index in [0.29, 0.717) is 0 Å². The van der Waals surface area contributed by atoms with Crippen molar-refractivity contribution in [3.05, 3.63) is 121 Å². The zero-order valence-electron chi connectivity index (χ0n) is 32.8. The number of amides is 6. The number of H-pyrrole nitrogens is 5. The van der Waals surface area contributed by atoms with E-state index in [2.05, 4.69) is 38.0 Å². The number of aryl methyl sites for hydroxylation is 2. The van der Waals surface area contributed by atoms with Crippen LogP contribution in [-0.4, -0.2) is 142 Å². The first kappa shape index (κ1) is 53.9. The van der Waals surface area contributed by atoms with E-state index in [9.17, 15) is 103 Å². The second-order valence-corrected chi connectivity index (χ2v) is 12.8. The molecule has 3 aliphatic rings. The summed E-state index contributed by atoms with van der Waals surface area (Å²) in [6.45, 7) is 2.30. The minimum atomic E-state index is -2.03. The number of carboxylic acid groups (broad SMARTS) is 1. The number of carboxylic acids is 1. The molecule has 6 heterocycles. The van der Waals surface area contributed by atoms with Gasteiger partial charge < -0.3 is 40.8 Å². The molecule has 0 spiro atoms. The molecule has 67 heavy (non-hydrogen) atoms. The summed E-state index contributed by atoms with van der Waals surface area (Å²) in [7, 11) is 0. The van der Waals surface area contributed by atoms with Crippen LogP contribution in [0.2, 0.25) is 0 Å². The Morgan fingerprint density at radius 2 is 1.24 bits per heavy atom. The number of hydrogen-bond acceptors (Lipinski definition) is 25. The van der Waals surface area contributed by atoms with Gasteiger partial charge in [0.2, 0.25) is 11.7 Å². The quantitative estimate of drug-likeness (QED) is 0.0344. The number of barbiturate groups is 1. The molecule has 0 saturated carbocycles. The lowest BCUT2D eigenvalue weighted by molar-refractivity contribution is -0.494. The van der Waals surface area contributed by atoms with Gasteiger partial charge >= 0.3 is 69.4 Å². The lowest BCUT2D eigenvalue weighted by atomic mass is 10.1. The van der Waals surface area contributed by atoms with Gasteiger partial charge in [0, 0.05) is 16.7 Å². The maximum absolute atomic E-state index is 11.6. The predicted octanol–water partition coefficient (Wildman–Crippen LogP) is -7.94. The summed E-state index contributed by atoms with van der Waals surface area (Å²) in [4.78, 5) is 175. The summed E-state index contributed by atoms with van der Waals surface area (Å²) in [5.41, 5.74) is -8.11. The molecular formula is C28H28N14O24S. The first-order valence-corrected chi connectivity index (χ1v) is 17.4. The van der Waals surface area contributed by atoms with E-state index in [1.807, 2.05) is 0 Å². The fourth-order valence-electron chi connectivity index (χ4n) is 4.82. The van der Waals surface area contributed by atoms with Crippen molar-refractivity contribution in [3.8, 4) is 0 Å².